The summed E-state index contributed by atoms with van der Waals surface area (Å²) in [5, 5.41) is 5.63. The number of nitrogens with one attached hydrogen (secondary N) is 2. The Morgan fingerprint density at radius 2 is 1.08 bits per heavy atom. The van der Waals surface area contributed by atoms with Gasteiger partial charge in [0.25, 0.3) is 0 Å². The van der Waals surface area contributed by atoms with E-state index in [2.05, 4.69) is 62.8 Å². The summed E-state index contributed by atoms with van der Waals surface area (Å²) < 4.78 is 43.2. The number of amides is 2. The van der Waals surface area contributed by atoms with Gasteiger partial charge in [-0.05, 0) is 118 Å². The Kier molecular flexibility index (Phi) is 19.8. The van der Waals surface area contributed by atoms with E-state index in [9.17, 15) is 18.4 Å². The molecule has 0 aliphatic rings. The van der Waals surface area contributed by atoms with Gasteiger partial charge in [0.15, 0.2) is 28.8 Å². The third-order valence-corrected chi connectivity index (χ3v) is 11.5. The Bertz CT molecular complexity index is 3460. The summed E-state index contributed by atoms with van der Waals surface area (Å²) >= 11 is 5.77. The van der Waals surface area contributed by atoms with Crippen molar-refractivity contribution in [3.05, 3.63) is 145 Å². The molecule has 0 radical (unpaired) electrons. The number of hydrogen-bond acceptors (Lipinski definition) is 11. The van der Waals surface area contributed by atoms with Crippen LogP contribution < -0.4 is 10.6 Å². The Labute approximate surface area is 451 Å². The first-order valence-corrected chi connectivity index (χ1v) is 27.3. The molecule has 2 N–H and O–H groups in total. The number of benzene rings is 2. The Hall–Kier alpha value is -6.94. The van der Waals surface area contributed by atoms with Crippen molar-refractivity contribution in [1.29, 1.82) is 0 Å². The predicted molar refractivity (Wildman–Crippen MR) is 271 cm³/mol. The van der Waals surface area contributed by atoms with E-state index in [-0.39, 0.29) is 23.4 Å². The first-order valence-electron chi connectivity index (χ1n) is 22.0. The molecule has 73 heavy (non-hydrogen) atoms. The number of imidazole rings is 2. The molecular formula is C50H44BrClF2N14O3PdZn. The number of rotatable bonds is 9. The van der Waals surface area contributed by atoms with E-state index < -0.39 is 0 Å². The maximum atomic E-state index is 13.7. The van der Waals surface area contributed by atoms with Crippen molar-refractivity contribution in [3.8, 4) is 56.3 Å². The standard InChI is InChI=1S/C25H22FN7O.C21H17BrFN5O.C4H5N2.ClH.O.Pd.Zn/c1-4-18(34)29-23-21(24-28-13-14-32(24)2)30-20-19(15-9-11-27-12-10-15)22(33(3)25(20)31-23)16-5-7-17(26)8-6-16;1-3-15(29)25-20-19(22)26-17-16(12-8-10-24-11-9-12)18(28(2)21(17)27-20)13-4-6-14(23)7-5-13;1-6-3-2-5-4-6;;;;/h5-14H,4H2,1-3H3,(H,29,31,34);4-11H,3H2,1-2H3,(H,25,27,29);2-3H,1H3;1H;;;/q;;-1;;;;+2/p-1. The Balaban J connectivity index is 0.000000203. The van der Waals surface area contributed by atoms with Crippen LogP contribution in [0.3, 0.4) is 0 Å². The zero-order chi connectivity index (χ0) is 52.8. The third-order valence-electron chi connectivity index (χ3n) is 10.9. The number of aryl methyl sites for hydroxylation is 4. The predicted octanol–water partition coefficient (Wildman–Crippen LogP) is 10.3. The van der Waals surface area contributed by atoms with Gasteiger partial charge < -0.3 is 33.9 Å². The molecule has 0 unspecified atom stereocenters. The van der Waals surface area contributed by atoms with Crippen LogP contribution in [-0.2, 0) is 77.7 Å². The molecule has 0 spiro atoms. The second-order valence-corrected chi connectivity index (χ2v) is 16.2. The molecule has 0 saturated carbocycles. The number of anilines is 2. The number of carbonyl (C=O) groups excluding carboxylic acids is 2. The first kappa shape index (κ1) is 55.4. The van der Waals surface area contributed by atoms with Crippen LogP contribution in [-0.4, -0.2) is 70.0 Å². The molecule has 0 aliphatic heterocycles. The van der Waals surface area contributed by atoms with Gasteiger partial charge in [-0.25, -0.2) is 33.7 Å². The number of nitrogens with zero attached hydrogens (tertiary/aromatic N) is 12. The second kappa shape index (κ2) is 26.1. The fourth-order valence-corrected chi connectivity index (χ4v) is 7.90. The average molecular weight is 1210 g/mol. The minimum absolute atomic E-state index is 0.151. The monoisotopic (exact) mass is 1210 g/mol. The van der Waals surface area contributed by atoms with Gasteiger partial charge in [0.1, 0.15) is 33.0 Å². The first-order chi connectivity index (χ1) is 35.4. The number of fused-ring (bicyclic) bond motifs is 2. The van der Waals surface area contributed by atoms with Crippen molar-refractivity contribution in [2.24, 2.45) is 28.2 Å². The van der Waals surface area contributed by atoms with E-state index in [0.717, 1.165) is 62.1 Å². The molecule has 10 rings (SSSR count). The number of carbonyl (C=O) groups is 2. The molecule has 2 aromatic carbocycles. The van der Waals surface area contributed by atoms with E-state index in [1.54, 1.807) is 79.9 Å². The maximum absolute atomic E-state index is 13.7. The molecule has 372 valence electrons. The summed E-state index contributed by atoms with van der Waals surface area (Å²) in [5.74, 6) is 0.326. The van der Waals surface area contributed by atoms with E-state index in [1.807, 2.05) is 78.6 Å². The van der Waals surface area contributed by atoms with Crippen LogP contribution >= 0.6 is 25.6 Å². The molecule has 23 heteroatoms. The van der Waals surface area contributed by atoms with Gasteiger partial charge in [0, 0.05) is 88.6 Å². The molecule has 10 aromatic rings. The topological polar surface area (TPSA) is 198 Å². The number of hydrogen-bond donors (Lipinski definition) is 2. The van der Waals surface area contributed by atoms with Crippen LogP contribution in [0.2, 0.25) is 0 Å². The zero-order valence-corrected chi connectivity index (χ0v) is 47.0. The van der Waals surface area contributed by atoms with Gasteiger partial charge in [-0.15, -0.1) is 12.4 Å². The molecule has 17 nitrogen and oxygen atoms in total. The summed E-state index contributed by atoms with van der Waals surface area (Å²) in [4.78, 5) is 59.6. The van der Waals surface area contributed by atoms with Crippen molar-refractivity contribution in [2.75, 3.05) is 10.6 Å². The SMILES string of the molecule is CCC(=O)Nc1nc2c(nc1-c1nccn1C)c(-c1ccncc1)c(-c1ccc(F)cc1)n2C.CCC(=O)Nc1nc2c(nc1Br)c(-c1ccncc1)c(-c1ccc(F)cc1)n2C.Cn1[c-]ncc1.[Cl][Zn+].[O]=[Pd]. The summed E-state index contributed by atoms with van der Waals surface area (Å²) in [7, 11) is 12.3. The molecule has 2 amide bonds. The molecular weight excluding hydrogens is 1170 g/mol. The molecule has 0 aliphatic carbocycles. The van der Waals surface area contributed by atoms with E-state index in [0.29, 0.717) is 62.9 Å². The van der Waals surface area contributed by atoms with Crippen molar-refractivity contribution in [2.45, 2.75) is 26.7 Å². The molecule has 8 heterocycles. The van der Waals surface area contributed by atoms with Crippen LogP contribution in [0.1, 0.15) is 26.7 Å². The van der Waals surface area contributed by atoms with Crippen LogP contribution in [0.25, 0.3) is 78.6 Å². The third kappa shape index (κ3) is 12.8. The van der Waals surface area contributed by atoms with Gasteiger partial charge in [-0.3, -0.25) is 19.6 Å². The molecule has 0 saturated heterocycles. The van der Waals surface area contributed by atoms with Crippen molar-refractivity contribution in [1.82, 2.24) is 58.1 Å². The molecule has 8 aromatic heterocycles. The van der Waals surface area contributed by atoms with Gasteiger partial charge >= 0.3 is 49.6 Å². The van der Waals surface area contributed by atoms with Gasteiger partial charge in [-0.2, -0.15) is 0 Å². The fourth-order valence-electron chi connectivity index (χ4n) is 7.53. The van der Waals surface area contributed by atoms with E-state index in [4.69, 9.17) is 23.1 Å². The second-order valence-electron chi connectivity index (χ2n) is 15.5. The van der Waals surface area contributed by atoms with Crippen molar-refractivity contribution in [3.63, 3.8) is 0 Å². The molecule has 0 fully saturated rings. The van der Waals surface area contributed by atoms with Crippen LogP contribution in [0, 0.1) is 18.0 Å². The van der Waals surface area contributed by atoms with Gasteiger partial charge in [0.2, 0.25) is 11.8 Å². The van der Waals surface area contributed by atoms with Crippen LogP contribution in [0.4, 0.5) is 20.4 Å². The van der Waals surface area contributed by atoms with Crippen molar-refractivity contribution < 1.29 is 58.3 Å². The summed E-state index contributed by atoms with van der Waals surface area (Å²) in [6.45, 7) is 3.55. The Morgan fingerprint density at radius 1 is 0.630 bits per heavy atom. The quantitative estimate of drug-likeness (QED) is 0.103. The number of pyridine rings is 2. The van der Waals surface area contributed by atoms with Crippen molar-refractivity contribution >= 4 is 71.4 Å². The van der Waals surface area contributed by atoms with Crippen LogP contribution in [0.15, 0.2) is 127 Å². The molecule has 0 bridgehead atoms. The average Bonchev–Trinajstić information content (AvgIpc) is 4.21. The van der Waals surface area contributed by atoms with E-state index >= 15 is 0 Å². The zero-order valence-electron chi connectivity index (χ0n) is 40.1. The summed E-state index contributed by atoms with van der Waals surface area (Å²) in [6, 6.07) is 20.2. The summed E-state index contributed by atoms with van der Waals surface area (Å²) in [6.07, 6.45) is 17.2. The summed E-state index contributed by atoms with van der Waals surface area (Å²) in [5.41, 5.74) is 9.77. The van der Waals surface area contributed by atoms with E-state index in [1.165, 1.54) is 43.4 Å². The Morgan fingerprint density at radius 3 is 1.48 bits per heavy atom. The normalized spacial score (nSPS) is 10.5. The molecule has 0 atom stereocenters. The van der Waals surface area contributed by atoms with Gasteiger partial charge in [0.05, 0.1) is 11.4 Å². The van der Waals surface area contributed by atoms with Crippen LogP contribution in [0.5, 0.6) is 0 Å². The van der Waals surface area contributed by atoms with Gasteiger partial charge in [-0.1, -0.05) is 13.8 Å². The number of aromatic nitrogens is 12. The number of halogens is 4. The minimum atomic E-state index is -0.314. The fraction of sp³-hybridized carbons (Fsp3) is 0.160.